The molecular weight excluding hydrogens is 336 g/mol. The summed E-state index contributed by atoms with van der Waals surface area (Å²) in [6.07, 6.45) is 9.45. The average Bonchev–Trinajstić information content (AvgIpc) is 3.08. The monoisotopic (exact) mass is 364 g/mol. The molecule has 2 aliphatic rings. The molecule has 0 spiro atoms. The van der Waals surface area contributed by atoms with E-state index in [-0.39, 0.29) is 5.41 Å². The summed E-state index contributed by atoms with van der Waals surface area (Å²) in [6, 6.07) is 12.5. The molecule has 4 rings (SSSR count). The molecule has 1 saturated carbocycles. The minimum absolute atomic E-state index is 0.192. The average molecular weight is 364 g/mol. The smallest absolute Gasteiger partial charge is 0.223 e. The molecule has 0 radical (unpaired) electrons. The number of amides is 1. The second kappa shape index (κ2) is 7.67. The van der Waals surface area contributed by atoms with Gasteiger partial charge in [-0.3, -0.25) is 4.79 Å². The summed E-state index contributed by atoms with van der Waals surface area (Å²) in [6.45, 7) is 1.51. The fraction of sp³-hybridized carbons (Fsp3) is 0.500. The number of nitrogens with two attached hydrogens (primary N) is 1. The summed E-state index contributed by atoms with van der Waals surface area (Å²) < 4.78 is 0. The van der Waals surface area contributed by atoms with Crippen LogP contribution in [0.15, 0.2) is 42.6 Å². The highest BCUT2D eigenvalue weighted by atomic mass is 16.2. The van der Waals surface area contributed by atoms with Gasteiger partial charge < -0.3 is 10.6 Å². The van der Waals surface area contributed by atoms with Gasteiger partial charge in [-0.05, 0) is 42.7 Å². The van der Waals surface area contributed by atoms with Crippen molar-refractivity contribution in [3.05, 3.63) is 53.9 Å². The molecule has 5 nitrogen and oxygen atoms in total. The van der Waals surface area contributed by atoms with Crippen LogP contribution in [0, 0.1) is 5.41 Å². The molecule has 142 valence electrons. The molecule has 0 atom stereocenters. The summed E-state index contributed by atoms with van der Waals surface area (Å²) in [7, 11) is 0. The van der Waals surface area contributed by atoms with Crippen LogP contribution in [-0.4, -0.2) is 33.9 Å². The van der Waals surface area contributed by atoms with Crippen LogP contribution in [-0.2, 0) is 11.2 Å². The Hall–Kier alpha value is -2.43. The number of carbonyl (C=O) groups excluding carboxylic acids is 1. The van der Waals surface area contributed by atoms with Crippen molar-refractivity contribution in [3.8, 4) is 0 Å². The molecule has 2 aromatic rings. The van der Waals surface area contributed by atoms with Crippen molar-refractivity contribution >= 4 is 11.9 Å². The standard InChI is InChI=1S/C22H28N4O/c23-21-24-13-9-19(25-21)18-15-26(16-18)20(27)14-22(10-4-5-11-22)12-8-17-6-2-1-3-7-17/h1-3,6-7,9,13,18H,4-5,8,10-12,14-16H2,(H2,23,24,25). The van der Waals surface area contributed by atoms with Gasteiger partial charge in [0.25, 0.3) is 0 Å². The minimum Gasteiger partial charge on any atom is -0.368 e. The Morgan fingerprint density at radius 1 is 1.15 bits per heavy atom. The SMILES string of the molecule is Nc1nccc(C2CN(C(=O)CC3(CCc4ccccc4)CCCC3)C2)n1. The molecule has 2 heterocycles. The van der Waals surface area contributed by atoms with Crippen molar-refractivity contribution in [3.63, 3.8) is 0 Å². The minimum atomic E-state index is 0.192. The molecule has 2 N–H and O–H groups in total. The summed E-state index contributed by atoms with van der Waals surface area (Å²) in [5.41, 5.74) is 8.19. The molecule has 2 fully saturated rings. The van der Waals surface area contributed by atoms with E-state index in [1.165, 1.54) is 31.2 Å². The molecule has 1 aromatic heterocycles. The van der Waals surface area contributed by atoms with Gasteiger partial charge in [0.05, 0.1) is 5.69 Å². The van der Waals surface area contributed by atoms with Crippen LogP contribution in [0.2, 0.25) is 0 Å². The number of likely N-dealkylation sites (tertiary alicyclic amines) is 1. The first-order chi connectivity index (χ1) is 13.1. The van der Waals surface area contributed by atoms with Crippen molar-refractivity contribution in [2.45, 2.75) is 50.9 Å². The van der Waals surface area contributed by atoms with Gasteiger partial charge in [-0.2, -0.15) is 0 Å². The van der Waals surface area contributed by atoms with E-state index < -0.39 is 0 Å². The Kier molecular flexibility index (Phi) is 5.10. The maximum absolute atomic E-state index is 12.9. The third-order valence-corrected chi connectivity index (χ3v) is 6.33. The Labute approximate surface area is 161 Å². The van der Waals surface area contributed by atoms with Crippen LogP contribution in [0.4, 0.5) is 5.95 Å². The molecule has 0 unspecified atom stereocenters. The van der Waals surface area contributed by atoms with Crippen molar-refractivity contribution in [1.82, 2.24) is 14.9 Å². The van der Waals surface area contributed by atoms with Crippen LogP contribution in [0.5, 0.6) is 0 Å². The highest BCUT2D eigenvalue weighted by molar-refractivity contribution is 5.78. The number of hydrogen-bond donors (Lipinski definition) is 1. The summed E-state index contributed by atoms with van der Waals surface area (Å²) in [5, 5.41) is 0. The molecular formula is C22H28N4O. The van der Waals surface area contributed by atoms with Gasteiger partial charge in [0.1, 0.15) is 0 Å². The lowest BCUT2D eigenvalue weighted by atomic mass is 9.77. The van der Waals surface area contributed by atoms with Gasteiger partial charge in [0, 0.05) is 31.6 Å². The maximum atomic E-state index is 12.9. The third kappa shape index (κ3) is 4.12. The normalized spacial score (nSPS) is 19.0. The van der Waals surface area contributed by atoms with Crippen molar-refractivity contribution in [2.75, 3.05) is 18.8 Å². The van der Waals surface area contributed by atoms with Gasteiger partial charge >= 0.3 is 0 Å². The molecule has 1 amide bonds. The number of nitrogens with zero attached hydrogens (tertiary/aromatic N) is 3. The molecule has 1 saturated heterocycles. The zero-order valence-corrected chi connectivity index (χ0v) is 15.8. The van der Waals surface area contributed by atoms with Gasteiger partial charge in [-0.15, -0.1) is 0 Å². The van der Waals surface area contributed by atoms with Gasteiger partial charge in [-0.25, -0.2) is 9.97 Å². The lowest BCUT2D eigenvalue weighted by Crippen LogP contribution is -2.50. The molecule has 1 aliphatic heterocycles. The zero-order valence-electron chi connectivity index (χ0n) is 15.8. The predicted molar refractivity (Wildman–Crippen MR) is 106 cm³/mol. The van der Waals surface area contributed by atoms with Crippen molar-refractivity contribution in [2.24, 2.45) is 5.41 Å². The first kappa shape index (κ1) is 18.0. The summed E-state index contributed by atoms with van der Waals surface area (Å²) >= 11 is 0. The van der Waals surface area contributed by atoms with E-state index in [1.54, 1.807) is 6.20 Å². The number of benzene rings is 1. The number of nitrogen functional groups attached to an aromatic ring is 1. The molecule has 0 bridgehead atoms. The number of hydrogen-bond acceptors (Lipinski definition) is 4. The van der Waals surface area contributed by atoms with Gasteiger partial charge in [-0.1, -0.05) is 43.2 Å². The first-order valence-corrected chi connectivity index (χ1v) is 10.0. The van der Waals surface area contributed by atoms with E-state index in [4.69, 9.17) is 5.73 Å². The van der Waals surface area contributed by atoms with Crippen LogP contribution < -0.4 is 5.73 Å². The van der Waals surface area contributed by atoms with Crippen LogP contribution in [0.1, 0.15) is 55.7 Å². The van der Waals surface area contributed by atoms with Crippen LogP contribution in [0.25, 0.3) is 0 Å². The summed E-state index contributed by atoms with van der Waals surface area (Å²) in [4.78, 5) is 23.1. The Bertz CT molecular complexity index is 780. The lowest BCUT2D eigenvalue weighted by molar-refractivity contribution is -0.138. The van der Waals surface area contributed by atoms with Crippen LogP contribution in [0.3, 0.4) is 0 Å². The largest absolute Gasteiger partial charge is 0.368 e. The highest BCUT2D eigenvalue weighted by Crippen LogP contribution is 2.45. The van der Waals surface area contributed by atoms with E-state index in [0.29, 0.717) is 24.2 Å². The molecule has 1 aromatic carbocycles. The number of carbonyl (C=O) groups is 1. The number of aromatic nitrogens is 2. The molecule has 1 aliphatic carbocycles. The molecule has 5 heteroatoms. The number of rotatable bonds is 6. The summed E-state index contributed by atoms with van der Waals surface area (Å²) in [5.74, 6) is 0.912. The first-order valence-electron chi connectivity index (χ1n) is 10.0. The Balaban J connectivity index is 1.33. The quantitative estimate of drug-likeness (QED) is 0.850. The van der Waals surface area contributed by atoms with Gasteiger partial charge in [0.2, 0.25) is 11.9 Å². The third-order valence-electron chi connectivity index (χ3n) is 6.33. The van der Waals surface area contributed by atoms with Crippen molar-refractivity contribution < 1.29 is 4.79 Å². The van der Waals surface area contributed by atoms with Crippen LogP contribution >= 0.6 is 0 Å². The Morgan fingerprint density at radius 3 is 2.59 bits per heavy atom. The molecule has 27 heavy (non-hydrogen) atoms. The second-order valence-corrected chi connectivity index (χ2v) is 8.20. The van der Waals surface area contributed by atoms with Gasteiger partial charge in [0.15, 0.2) is 0 Å². The van der Waals surface area contributed by atoms with E-state index in [0.717, 1.165) is 31.6 Å². The number of aryl methyl sites for hydroxylation is 1. The Morgan fingerprint density at radius 2 is 1.89 bits per heavy atom. The fourth-order valence-corrected chi connectivity index (χ4v) is 4.61. The number of anilines is 1. The second-order valence-electron chi connectivity index (χ2n) is 8.20. The zero-order chi connectivity index (χ0) is 18.7. The topological polar surface area (TPSA) is 72.1 Å². The maximum Gasteiger partial charge on any atom is 0.223 e. The highest BCUT2D eigenvalue weighted by Gasteiger charge is 2.40. The van der Waals surface area contributed by atoms with E-state index in [1.807, 2.05) is 11.0 Å². The van der Waals surface area contributed by atoms with E-state index in [2.05, 4.69) is 40.3 Å². The fourth-order valence-electron chi connectivity index (χ4n) is 4.61. The van der Waals surface area contributed by atoms with E-state index >= 15 is 0 Å². The lowest BCUT2D eigenvalue weighted by Gasteiger charge is -2.41. The van der Waals surface area contributed by atoms with E-state index in [9.17, 15) is 4.79 Å². The van der Waals surface area contributed by atoms with Crippen molar-refractivity contribution in [1.29, 1.82) is 0 Å². The predicted octanol–water partition coefficient (Wildman–Crippen LogP) is 3.57.